The number of nitrogens with one attached hydrogen (secondary N) is 3. The van der Waals surface area contributed by atoms with Gasteiger partial charge in [0, 0.05) is 29.6 Å². The quantitative estimate of drug-likeness (QED) is 0.458. The lowest BCUT2D eigenvalue weighted by Gasteiger charge is -2.07. The van der Waals surface area contributed by atoms with Crippen LogP contribution in [-0.4, -0.2) is 25.2 Å². The molecule has 0 fully saturated rings. The van der Waals surface area contributed by atoms with Gasteiger partial charge in [0.05, 0.1) is 17.0 Å². The molecule has 3 aromatic rings. The van der Waals surface area contributed by atoms with E-state index in [1.165, 1.54) is 31.2 Å². The molecular weight excluding hydrogens is 460 g/mol. The maximum atomic E-state index is 12.5. The molecule has 3 rings (SSSR count). The second-order valence-corrected chi connectivity index (χ2v) is 9.51. The van der Waals surface area contributed by atoms with Crippen LogP contribution in [0.3, 0.4) is 0 Å². The number of sulfonamides is 1. The third-order valence-corrected chi connectivity index (χ3v) is 6.55. The average molecular weight is 479 g/mol. The zero-order chi connectivity index (χ0) is 22.4. The van der Waals surface area contributed by atoms with Gasteiger partial charge < -0.3 is 10.6 Å². The lowest BCUT2D eigenvalue weighted by atomic mass is 10.2. The number of carbonyl (C=O) groups is 2. The van der Waals surface area contributed by atoms with E-state index in [9.17, 15) is 18.0 Å². The predicted octanol–water partition coefficient (Wildman–Crippen LogP) is 3.41. The van der Waals surface area contributed by atoms with Gasteiger partial charge >= 0.3 is 0 Å². The second-order valence-electron chi connectivity index (χ2n) is 6.54. The zero-order valence-corrected chi connectivity index (χ0v) is 18.8. The number of hydrogen-bond donors (Lipinski definition) is 3. The molecule has 3 N–H and O–H groups in total. The van der Waals surface area contributed by atoms with Crippen LogP contribution >= 0.6 is 22.9 Å². The lowest BCUT2D eigenvalue weighted by molar-refractivity contribution is -0.120. The molecule has 31 heavy (non-hydrogen) atoms. The van der Waals surface area contributed by atoms with Crippen LogP contribution in [0.2, 0.25) is 5.02 Å². The largest absolute Gasteiger partial charge is 0.352 e. The number of amides is 2. The number of anilines is 2. The van der Waals surface area contributed by atoms with Crippen LogP contribution < -0.4 is 15.4 Å². The Morgan fingerprint density at radius 1 is 1.06 bits per heavy atom. The first kappa shape index (κ1) is 22.7. The van der Waals surface area contributed by atoms with E-state index in [2.05, 4.69) is 20.3 Å². The minimum Gasteiger partial charge on any atom is -0.352 e. The number of thiazole rings is 1. The molecule has 2 amide bonds. The maximum absolute atomic E-state index is 12.5. The molecule has 0 bridgehead atoms. The summed E-state index contributed by atoms with van der Waals surface area (Å²) >= 11 is 6.92. The zero-order valence-electron chi connectivity index (χ0n) is 16.4. The summed E-state index contributed by atoms with van der Waals surface area (Å²) in [6.07, 6.45) is 0.0250. The summed E-state index contributed by atoms with van der Waals surface area (Å²) in [6, 6.07) is 12.9. The fraction of sp³-hybridized carbons (Fsp3) is 0.150. The first-order chi connectivity index (χ1) is 14.7. The van der Waals surface area contributed by atoms with Crippen LogP contribution in [0.4, 0.5) is 10.8 Å². The summed E-state index contributed by atoms with van der Waals surface area (Å²) in [5, 5.41) is 7.76. The molecule has 2 aromatic carbocycles. The third-order valence-electron chi connectivity index (χ3n) is 4.00. The van der Waals surface area contributed by atoms with E-state index < -0.39 is 10.0 Å². The highest BCUT2D eigenvalue weighted by Crippen LogP contribution is 2.21. The van der Waals surface area contributed by atoms with E-state index in [4.69, 9.17) is 11.6 Å². The Morgan fingerprint density at radius 2 is 1.74 bits per heavy atom. The summed E-state index contributed by atoms with van der Waals surface area (Å²) in [7, 11) is -3.85. The van der Waals surface area contributed by atoms with Crippen molar-refractivity contribution in [3.8, 4) is 0 Å². The van der Waals surface area contributed by atoms with Crippen molar-refractivity contribution in [1.82, 2.24) is 10.3 Å². The molecule has 162 valence electrons. The van der Waals surface area contributed by atoms with E-state index in [0.717, 1.165) is 16.9 Å². The summed E-state index contributed by atoms with van der Waals surface area (Å²) in [6.45, 7) is 1.72. The number of hydrogen-bond acceptors (Lipinski definition) is 6. The van der Waals surface area contributed by atoms with Crippen molar-refractivity contribution in [3.05, 3.63) is 70.2 Å². The first-order valence-electron chi connectivity index (χ1n) is 9.07. The molecule has 1 aromatic heterocycles. The Bertz CT molecular complexity index is 1180. The Kier molecular flexibility index (Phi) is 7.26. The fourth-order valence-electron chi connectivity index (χ4n) is 2.56. The molecule has 0 saturated heterocycles. The van der Waals surface area contributed by atoms with E-state index in [0.29, 0.717) is 22.9 Å². The van der Waals surface area contributed by atoms with Gasteiger partial charge in [-0.3, -0.25) is 14.3 Å². The van der Waals surface area contributed by atoms with Crippen molar-refractivity contribution in [2.45, 2.75) is 24.8 Å². The lowest BCUT2D eigenvalue weighted by Crippen LogP contribution is -2.24. The van der Waals surface area contributed by atoms with Gasteiger partial charge in [0.2, 0.25) is 11.8 Å². The number of benzene rings is 2. The van der Waals surface area contributed by atoms with Crippen molar-refractivity contribution in [1.29, 1.82) is 0 Å². The molecule has 8 nitrogen and oxygen atoms in total. The fourth-order valence-corrected chi connectivity index (χ4v) is 4.65. The molecule has 11 heteroatoms. The van der Waals surface area contributed by atoms with Crippen LogP contribution in [0, 0.1) is 0 Å². The monoisotopic (exact) mass is 478 g/mol. The summed E-state index contributed by atoms with van der Waals surface area (Å²) in [4.78, 5) is 27.4. The maximum Gasteiger partial charge on any atom is 0.263 e. The molecular formula is C20H19ClN4O4S2. The van der Waals surface area contributed by atoms with Gasteiger partial charge in [0.15, 0.2) is 5.13 Å². The Balaban J connectivity index is 1.56. The summed E-state index contributed by atoms with van der Waals surface area (Å²) < 4.78 is 27.5. The molecule has 0 aliphatic heterocycles. The summed E-state index contributed by atoms with van der Waals surface area (Å²) in [5.74, 6) is -0.482. The molecule has 0 spiro atoms. The van der Waals surface area contributed by atoms with E-state index in [1.807, 2.05) is 12.1 Å². The van der Waals surface area contributed by atoms with Crippen molar-refractivity contribution in [2.75, 3.05) is 10.0 Å². The topological polar surface area (TPSA) is 117 Å². The first-order valence-corrected chi connectivity index (χ1v) is 11.8. The number of halogens is 1. The van der Waals surface area contributed by atoms with Crippen molar-refractivity contribution < 1.29 is 18.0 Å². The molecule has 0 saturated carbocycles. The van der Waals surface area contributed by atoms with Gasteiger partial charge in [-0.25, -0.2) is 13.4 Å². The minimum absolute atomic E-state index is 0.0250. The van der Waals surface area contributed by atoms with E-state index in [1.54, 1.807) is 17.5 Å². The number of nitrogens with zero attached hydrogens (tertiary/aromatic N) is 1. The third kappa shape index (κ3) is 6.78. The predicted molar refractivity (Wildman–Crippen MR) is 121 cm³/mol. The number of aromatic nitrogens is 1. The van der Waals surface area contributed by atoms with Crippen LogP contribution in [0.25, 0.3) is 0 Å². The smallest absolute Gasteiger partial charge is 0.263 e. The Labute approximate surface area is 188 Å². The van der Waals surface area contributed by atoms with E-state index in [-0.39, 0.29) is 28.3 Å². The molecule has 0 unspecified atom stereocenters. The van der Waals surface area contributed by atoms with Crippen LogP contribution in [0.15, 0.2) is 58.8 Å². The second kappa shape index (κ2) is 9.90. The molecule has 0 radical (unpaired) electrons. The van der Waals surface area contributed by atoms with Crippen molar-refractivity contribution in [2.24, 2.45) is 0 Å². The Hall–Kier alpha value is -2.95. The van der Waals surface area contributed by atoms with Crippen molar-refractivity contribution >= 4 is 55.6 Å². The highest BCUT2D eigenvalue weighted by molar-refractivity contribution is 7.93. The molecule has 0 aliphatic carbocycles. The van der Waals surface area contributed by atoms with Crippen LogP contribution in [0.1, 0.15) is 18.2 Å². The van der Waals surface area contributed by atoms with Gasteiger partial charge in [-0.2, -0.15) is 0 Å². The molecule has 1 heterocycles. The van der Waals surface area contributed by atoms with E-state index >= 15 is 0 Å². The van der Waals surface area contributed by atoms with Gasteiger partial charge in [-0.05, 0) is 42.0 Å². The highest BCUT2D eigenvalue weighted by atomic mass is 35.5. The van der Waals surface area contributed by atoms with Gasteiger partial charge in [-0.1, -0.05) is 23.7 Å². The van der Waals surface area contributed by atoms with Crippen LogP contribution in [-0.2, 0) is 32.6 Å². The summed E-state index contributed by atoms with van der Waals surface area (Å²) in [5.41, 5.74) is 1.86. The number of carbonyl (C=O) groups excluding carboxylic acids is 2. The standard InChI is InChI=1S/C20H19ClN4O4S2/c1-13(26)23-16-6-8-18(9-7-16)31(28,29)25-20-24-17(12-30-20)10-19(27)22-11-14-2-4-15(21)5-3-14/h2-9,12H,10-11H2,1H3,(H,22,27)(H,23,26)(H,24,25). The number of rotatable bonds is 8. The Morgan fingerprint density at radius 3 is 2.39 bits per heavy atom. The average Bonchev–Trinajstić information content (AvgIpc) is 3.13. The normalized spacial score (nSPS) is 11.0. The van der Waals surface area contributed by atoms with Crippen molar-refractivity contribution in [3.63, 3.8) is 0 Å². The van der Waals surface area contributed by atoms with Crippen LogP contribution in [0.5, 0.6) is 0 Å². The minimum atomic E-state index is -3.85. The van der Waals surface area contributed by atoms with Gasteiger partial charge in [0.25, 0.3) is 10.0 Å². The highest BCUT2D eigenvalue weighted by Gasteiger charge is 2.17. The van der Waals surface area contributed by atoms with Gasteiger partial charge in [0.1, 0.15) is 0 Å². The van der Waals surface area contributed by atoms with Gasteiger partial charge in [-0.15, -0.1) is 11.3 Å². The SMILES string of the molecule is CC(=O)Nc1ccc(S(=O)(=O)Nc2nc(CC(=O)NCc3ccc(Cl)cc3)cs2)cc1. The molecule has 0 atom stereocenters. The molecule has 0 aliphatic rings.